The van der Waals surface area contributed by atoms with Crippen molar-refractivity contribution in [3.8, 4) is 0 Å². The zero-order chi connectivity index (χ0) is 21.3. The molecule has 2 unspecified atom stereocenters. The Labute approximate surface area is 180 Å². The molecule has 0 aliphatic carbocycles. The fourth-order valence-corrected chi connectivity index (χ4v) is 4.70. The molecule has 2 heterocycles. The van der Waals surface area contributed by atoms with Crippen molar-refractivity contribution in [2.24, 2.45) is 11.8 Å². The number of nitrogens with zero attached hydrogens (tertiary/aromatic N) is 2. The van der Waals surface area contributed by atoms with Gasteiger partial charge in [-0.1, -0.05) is 23.7 Å². The molecule has 2 aliphatic heterocycles. The molecule has 2 atom stereocenters. The molecular weight excluding hydrogens is 408 g/mol. The Morgan fingerprint density at radius 3 is 2.57 bits per heavy atom. The molecule has 0 spiro atoms. The molecular formula is C23H26ClF2N3O. The predicted octanol–water partition coefficient (Wildman–Crippen LogP) is 4.43. The first kappa shape index (κ1) is 21.1. The summed E-state index contributed by atoms with van der Waals surface area (Å²) in [6.45, 7) is 6.94. The minimum atomic E-state index is -1.05. The number of aryl methyl sites for hydroxylation is 1. The van der Waals surface area contributed by atoms with Gasteiger partial charge in [0.25, 0.3) is 5.91 Å². The first-order valence-corrected chi connectivity index (χ1v) is 10.8. The number of halogens is 3. The Morgan fingerprint density at radius 2 is 1.87 bits per heavy atom. The monoisotopic (exact) mass is 433 g/mol. The highest BCUT2D eigenvalue weighted by Crippen LogP contribution is 2.32. The molecule has 2 aromatic rings. The molecule has 2 fully saturated rings. The Morgan fingerprint density at radius 1 is 1.13 bits per heavy atom. The van der Waals surface area contributed by atoms with Crippen LogP contribution in [0.25, 0.3) is 0 Å². The molecule has 0 saturated carbocycles. The second kappa shape index (κ2) is 8.90. The molecule has 2 aliphatic rings. The summed E-state index contributed by atoms with van der Waals surface area (Å²) in [6, 6.07) is 9.76. The average Bonchev–Trinajstić information content (AvgIpc) is 3.28. The van der Waals surface area contributed by atoms with Crippen LogP contribution in [-0.2, 0) is 0 Å². The van der Waals surface area contributed by atoms with E-state index in [1.807, 2.05) is 25.1 Å². The molecule has 4 rings (SSSR count). The highest BCUT2D eigenvalue weighted by molar-refractivity contribution is 6.31. The third-order valence-corrected chi connectivity index (χ3v) is 6.59. The van der Waals surface area contributed by atoms with Crippen molar-refractivity contribution in [3.63, 3.8) is 0 Å². The van der Waals surface area contributed by atoms with Gasteiger partial charge in [0.05, 0.1) is 5.56 Å². The minimum Gasteiger partial charge on any atom is -0.385 e. The molecule has 0 bridgehead atoms. The van der Waals surface area contributed by atoms with E-state index >= 15 is 0 Å². The van der Waals surface area contributed by atoms with Gasteiger partial charge in [0.15, 0.2) is 11.6 Å². The number of amides is 1. The SMILES string of the molecule is Cc1ccc(NCCCN2CC3CN(C(=O)c4cccc(F)c4F)CC3C2)cc1Cl. The number of carbonyl (C=O) groups excluding carboxylic acids is 1. The summed E-state index contributed by atoms with van der Waals surface area (Å²) in [5.41, 5.74) is 1.93. The summed E-state index contributed by atoms with van der Waals surface area (Å²) in [6.07, 6.45) is 1.02. The molecule has 0 radical (unpaired) electrons. The van der Waals surface area contributed by atoms with Crippen molar-refractivity contribution in [3.05, 3.63) is 64.2 Å². The second-order valence-electron chi connectivity index (χ2n) is 8.34. The number of hydrogen-bond acceptors (Lipinski definition) is 3. The summed E-state index contributed by atoms with van der Waals surface area (Å²) in [5.74, 6) is -1.64. The van der Waals surface area contributed by atoms with Crippen molar-refractivity contribution < 1.29 is 13.6 Å². The van der Waals surface area contributed by atoms with Gasteiger partial charge in [-0.15, -0.1) is 0 Å². The Hall–Kier alpha value is -2.18. The first-order chi connectivity index (χ1) is 14.4. The van der Waals surface area contributed by atoms with Crippen LogP contribution in [0.4, 0.5) is 14.5 Å². The number of likely N-dealkylation sites (tertiary alicyclic amines) is 2. The maximum Gasteiger partial charge on any atom is 0.256 e. The lowest BCUT2D eigenvalue weighted by atomic mass is 10.0. The summed E-state index contributed by atoms with van der Waals surface area (Å²) in [5, 5.41) is 4.18. The van der Waals surface area contributed by atoms with Gasteiger partial charge < -0.3 is 15.1 Å². The zero-order valence-electron chi connectivity index (χ0n) is 17.0. The van der Waals surface area contributed by atoms with E-state index in [2.05, 4.69) is 10.2 Å². The molecule has 2 saturated heterocycles. The quantitative estimate of drug-likeness (QED) is 0.684. The highest BCUT2D eigenvalue weighted by atomic mass is 35.5. The fraction of sp³-hybridized carbons (Fsp3) is 0.435. The standard InChI is InChI=1S/C23H26ClF2N3O/c1-15-6-7-18(10-20(15)24)27-8-3-9-28-11-16-13-29(14-17(16)12-28)23(30)19-4-2-5-21(25)22(19)26/h2,4-7,10,16-17,27H,3,8-9,11-14H2,1H3. The smallest absolute Gasteiger partial charge is 0.256 e. The van der Waals surface area contributed by atoms with Crippen LogP contribution in [-0.4, -0.2) is 55.0 Å². The molecule has 2 aromatic carbocycles. The molecule has 7 heteroatoms. The van der Waals surface area contributed by atoms with Gasteiger partial charge in [0, 0.05) is 43.4 Å². The maximum absolute atomic E-state index is 14.0. The third kappa shape index (κ3) is 4.44. The van der Waals surface area contributed by atoms with Gasteiger partial charge in [-0.3, -0.25) is 4.79 Å². The second-order valence-corrected chi connectivity index (χ2v) is 8.74. The van der Waals surface area contributed by atoms with Crippen LogP contribution in [0.15, 0.2) is 36.4 Å². The Bertz CT molecular complexity index is 925. The van der Waals surface area contributed by atoms with Crippen LogP contribution in [0, 0.1) is 30.4 Å². The predicted molar refractivity (Wildman–Crippen MR) is 115 cm³/mol. The third-order valence-electron chi connectivity index (χ3n) is 6.18. The lowest BCUT2D eigenvalue weighted by Crippen LogP contribution is -2.34. The van der Waals surface area contributed by atoms with E-state index in [0.717, 1.165) is 54.9 Å². The van der Waals surface area contributed by atoms with E-state index < -0.39 is 17.5 Å². The van der Waals surface area contributed by atoms with Gasteiger partial charge in [0.2, 0.25) is 0 Å². The lowest BCUT2D eigenvalue weighted by Gasteiger charge is -2.22. The molecule has 4 nitrogen and oxygen atoms in total. The van der Waals surface area contributed by atoms with Crippen LogP contribution in [0.3, 0.4) is 0 Å². The lowest BCUT2D eigenvalue weighted by molar-refractivity contribution is 0.0768. The molecule has 30 heavy (non-hydrogen) atoms. The van der Waals surface area contributed by atoms with E-state index in [1.54, 1.807) is 4.90 Å². The minimum absolute atomic E-state index is 0.172. The van der Waals surface area contributed by atoms with Crippen LogP contribution in [0.5, 0.6) is 0 Å². The summed E-state index contributed by atoms with van der Waals surface area (Å²) < 4.78 is 27.4. The van der Waals surface area contributed by atoms with Gasteiger partial charge in [-0.05, 0) is 61.6 Å². The number of hydrogen-bond donors (Lipinski definition) is 1. The summed E-state index contributed by atoms with van der Waals surface area (Å²) >= 11 is 6.16. The van der Waals surface area contributed by atoms with E-state index in [1.165, 1.54) is 12.1 Å². The van der Waals surface area contributed by atoms with Gasteiger partial charge >= 0.3 is 0 Å². The van der Waals surface area contributed by atoms with Crippen molar-refractivity contribution in [1.82, 2.24) is 9.80 Å². The van der Waals surface area contributed by atoms with Crippen LogP contribution in [0.2, 0.25) is 5.02 Å². The maximum atomic E-state index is 14.0. The van der Waals surface area contributed by atoms with Crippen LogP contribution in [0.1, 0.15) is 22.3 Å². The van der Waals surface area contributed by atoms with Crippen molar-refractivity contribution in [2.75, 3.05) is 44.6 Å². The molecule has 1 N–H and O–H groups in total. The summed E-state index contributed by atoms with van der Waals surface area (Å²) in [7, 11) is 0. The van der Waals surface area contributed by atoms with Crippen molar-refractivity contribution in [2.45, 2.75) is 13.3 Å². The number of rotatable bonds is 6. The normalized spacial score (nSPS) is 21.1. The molecule has 160 valence electrons. The van der Waals surface area contributed by atoms with Gasteiger partial charge in [-0.25, -0.2) is 8.78 Å². The van der Waals surface area contributed by atoms with E-state index in [-0.39, 0.29) is 5.56 Å². The summed E-state index contributed by atoms with van der Waals surface area (Å²) in [4.78, 5) is 16.7. The number of fused-ring (bicyclic) bond motifs is 1. The first-order valence-electron chi connectivity index (χ1n) is 10.4. The topological polar surface area (TPSA) is 35.6 Å². The number of carbonyl (C=O) groups is 1. The number of benzene rings is 2. The number of anilines is 1. The Kier molecular flexibility index (Phi) is 6.25. The fourth-order valence-electron chi connectivity index (χ4n) is 4.52. The van der Waals surface area contributed by atoms with Crippen LogP contribution < -0.4 is 5.32 Å². The average molecular weight is 434 g/mol. The molecule has 0 aromatic heterocycles. The van der Waals surface area contributed by atoms with Gasteiger partial charge in [0.1, 0.15) is 0 Å². The number of nitrogens with one attached hydrogen (secondary N) is 1. The largest absolute Gasteiger partial charge is 0.385 e. The van der Waals surface area contributed by atoms with Gasteiger partial charge in [-0.2, -0.15) is 0 Å². The van der Waals surface area contributed by atoms with E-state index in [0.29, 0.717) is 24.9 Å². The Balaban J connectivity index is 1.22. The van der Waals surface area contributed by atoms with E-state index in [9.17, 15) is 13.6 Å². The van der Waals surface area contributed by atoms with E-state index in [4.69, 9.17) is 11.6 Å². The van der Waals surface area contributed by atoms with Crippen LogP contribution >= 0.6 is 11.6 Å². The van der Waals surface area contributed by atoms with Crippen molar-refractivity contribution >= 4 is 23.2 Å². The molecule has 1 amide bonds. The van der Waals surface area contributed by atoms with Crippen molar-refractivity contribution in [1.29, 1.82) is 0 Å². The highest BCUT2D eigenvalue weighted by Gasteiger charge is 2.41. The zero-order valence-corrected chi connectivity index (χ0v) is 17.8.